The highest BCUT2D eigenvalue weighted by molar-refractivity contribution is 5.95. The third-order valence-corrected chi connectivity index (χ3v) is 4.83. The monoisotopic (exact) mass is 383 g/mol. The number of amides is 1. The summed E-state index contributed by atoms with van der Waals surface area (Å²) in [5, 5.41) is 2.89. The van der Waals surface area contributed by atoms with Crippen LogP contribution in [0.15, 0.2) is 48.5 Å². The first kappa shape index (κ1) is 21.5. The van der Waals surface area contributed by atoms with Crippen molar-refractivity contribution >= 4 is 17.6 Å². The minimum atomic E-state index is -0.866. The molecule has 0 aromatic heterocycles. The van der Waals surface area contributed by atoms with Crippen molar-refractivity contribution in [2.45, 2.75) is 52.1 Å². The molecule has 2 unspecified atom stereocenters. The molecule has 2 atom stereocenters. The van der Waals surface area contributed by atoms with E-state index in [1.165, 1.54) is 0 Å². The van der Waals surface area contributed by atoms with Gasteiger partial charge in [0.1, 0.15) is 5.75 Å². The lowest BCUT2D eigenvalue weighted by molar-refractivity contribution is -0.153. The second-order valence-corrected chi connectivity index (χ2v) is 6.83. The van der Waals surface area contributed by atoms with Crippen molar-refractivity contribution in [3.63, 3.8) is 0 Å². The summed E-state index contributed by atoms with van der Waals surface area (Å²) in [7, 11) is 1.60. The van der Waals surface area contributed by atoms with Crippen LogP contribution in [0, 0.1) is 0 Å². The number of aryl methyl sites for hydroxylation is 1. The Bertz CT molecular complexity index is 803. The van der Waals surface area contributed by atoms with Gasteiger partial charge in [-0.25, -0.2) is 0 Å². The fraction of sp³-hybridized carbons (Fsp3) is 0.391. The summed E-state index contributed by atoms with van der Waals surface area (Å²) in [5.41, 5.74) is 2.77. The van der Waals surface area contributed by atoms with E-state index >= 15 is 0 Å². The van der Waals surface area contributed by atoms with Gasteiger partial charge in [0.05, 0.1) is 7.11 Å². The quantitative estimate of drug-likeness (QED) is 0.637. The van der Waals surface area contributed by atoms with Crippen LogP contribution in [0.25, 0.3) is 0 Å². The first-order chi connectivity index (χ1) is 13.5. The molecule has 0 spiro atoms. The van der Waals surface area contributed by atoms with Crippen LogP contribution < -0.4 is 10.1 Å². The molecule has 5 nitrogen and oxygen atoms in total. The molecule has 0 saturated heterocycles. The van der Waals surface area contributed by atoms with Crippen molar-refractivity contribution in [3.8, 4) is 5.75 Å². The number of ether oxygens (including phenoxy) is 2. The lowest BCUT2D eigenvalue weighted by Gasteiger charge is -2.18. The van der Waals surface area contributed by atoms with Crippen LogP contribution in [-0.2, 0) is 20.7 Å². The van der Waals surface area contributed by atoms with Gasteiger partial charge in [-0.1, -0.05) is 50.2 Å². The van der Waals surface area contributed by atoms with Gasteiger partial charge < -0.3 is 14.8 Å². The first-order valence-electron chi connectivity index (χ1n) is 9.67. The fourth-order valence-corrected chi connectivity index (χ4v) is 2.95. The molecule has 2 rings (SSSR count). The summed E-state index contributed by atoms with van der Waals surface area (Å²) >= 11 is 0. The molecule has 0 fully saturated rings. The largest absolute Gasteiger partial charge is 0.496 e. The Balaban J connectivity index is 1.91. The second-order valence-electron chi connectivity index (χ2n) is 6.83. The molecule has 0 aliphatic heterocycles. The molecule has 0 aliphatic carbocycles. The van der Waals surface area contributed by atoms with E-state index in [1.807, 2.05) is 48.5 Å². The molecule has 2 aromatic carbocycles. The van der Waals surface area contributed by atoms with Gasteiger partial charge in [0.25, 0.3) is 5.91 Å². The molecule has 5 heteroatoms. The topological polar surface area (TPSA) is 64.6 Å². The van der Waals surface area contributed by atoms with Gasteiger partial charge in [0, 0.05) is 12.1 Å². The van der Waals surface area contributed by atoms with E-state index in [-0.39, 0.29) is 12.3 Å². The molecule has 28 heavy (non-hydrogen) atoms. The zero-order valence-corrected chi connectivity index (χ0v) is 17.0. The van der Waals surface area contributed by atoms with E-state index in [1.54, 1.807) is 14.0 Å². The summed E-state index contributed by atoms with van der Waals surface area (Å²) in [6.07, 6.45) is 0.783. The van der Waals surface area contributed by atoms with Crippen LogP contribution >= 0.6 is 0 Å². The Morgan fingerprint density at radius 1 is 1.04 bits per heavy atom. The van der Waals surface area contributed by atoms with Crippen molar-refractivity contribution in [2.75, 3.05) is 12.4 Å². The Kier molecular flexibility index (Phi) is 8.05. The maximum Gasteiger partial charge on any atom is 0.306 e. The summed E-state index contributed by atoms with van der Waals surface area (Å²) in [5.74, 6) is 0.322. The van der Waals surface area contributed by atoms with E-state index in [0.717, 1.165) is 29.0 Å². The lowest BCUT2D eigenvalue weighted by atomic mass is 9.97. The van der Waals surface area contributed by atoms with Gasteiger partial charge in [-0.05, 0) is 48.9 Å². The zero-order valence-electron chi connectivity index (χ0n) is 17.0. The predicted octanol–water partition coefficient (Wildman–Crippen LogP) is 4.71. The lowest BCUT2D eigenvalue weighted by Crippen LogP contribution is -2.30. The number of nitrogens with one attached hydrogen (secondary N) is 1. The summed E-state index contributed by atoms with van der Waals surface area (Å²) in [4.78, 5) is 24.6. The predicted molar refractivity (Wildman–Crippen MR) is 111 cm³/mol. The second kappa shape index (κ2) is 10.5. The number of rotatable bonds is 9. The maximum atomic E-state index is 12.5. The SMILES string of the molecule is CCC(C)c1ccccc1NC(=O)C(C)OC(=O)CCc1ccccc1OC. The van der Waals surface area contributed by atoms with Gasteiger partial charge in [0.2, 0.25) is 0 Å². The number of para-hydroxylation sites is 2. The highest BCUT2D eigenvalue weighted by Crippen LogP contribution is 2.26. The van der Waals surface area contributed by atoms with E-state index in [0.29, 0.717) is 12.3 Å². The van der Waals surface area contributed by atoms with E-state index in [9.17, 15) is 9.59 Å². The minimum absolute atomic E-state index is 0.182. The van der Waals surface area contributed by atoms with Gasteiger partial charge in [-0.2, -0.15) is 0 Å². The number of benzene rings is 2. The highest BCUT2D eigenvalue weighted by Gasteiger charge is 2.20. The number of hydrogen-bond donors (Lipinski definition) is 1. The van der Waals surface area contributed by atoms with E-state index < -0.39 is 12.1 Å². The maximum absolute atomic E-state index is 12.5. The van der Waals surface area contributed by atoms with Crippen molar-refractivity contribution in [3.05, 3.63) is 59.7 Å². The number of anilines is 1. The summed E-state index contributed by atoms with van der Waals surface area (Å²) in [6, 6.07) is 15.3. The molecule has 1 N–H and O–H groups in total. The number of methoxy groups -OCH3 is 1. The van der Waals surface area contributed by atoms with Gasteiger partial charge in [-0.15, -0.1) is 0 Å². The van der Waals surface area contributed by atoms with Crippen LogP contribution in [0.2, 0.25) is 0 Å². The molecule has 0 saturated carbocycles. The van der Waals surface area contributed by atoms with Crippen LogP contribution in [0.5, 0.6) is 5.75 Å². The third-order valence-electron chi connectivity index (χ3n) is 4.83. The van der Waals surface area contributed by atoms with Crippen molar-refractivity contribution < 1.29 is 19.1 Å². The van der Waals surface area contributed by atoms with Gasteiger partial charge in [-0.3, -0.25) is 9.59 Å². The first-order valence-corrected chi connectivity index (χ1v) is 9.67. The normalized spacial score (nSPS) is 12.7. The van der Waals surface area contributed by atoms with Gasteiger partial charge >= 0.3 is 5.97 Å². The Morgan fingerprint density at radius 3 is 2.43 bits per heavy atom. The summed E-state index contributed by atoms with van der Waals surface area (Å²) < 4.78 is 10.6. The van der Waals surface area contributed by atoms with Crippen molar-refractivity contribution in [1.29, 1.82) is 0 Å². The molecule has 2 aromatic rings. The molecule has 0 aliphatic rings. The van der Waals surface area contributed by atoms with E-state index in [2.05, 4.69) is 19.2 Å². The zero-order chi connectivity index (χ0) is 20.5. The van der Waals surface area contributed by atoms with Crippen molar-refractivity contribution in [2.24, 2.45) is 0 Å². The number of esters is 1. The molecular formula is C23H29NO4. The number of carbonyl (C=O) groups excluding carboxylic acids is 2. The number of carbonyl (C=O) groups is 2. The standard InChI is InChI=1S/C23H29NO4/c1-5-16(2)19-11-7-8-12-20(19)24-23(26)17(3)28-22(25)15-14-18-10-6-9-13-21(18)27-4/h6-13,16-17H,5,14-15H2,1-4H3,(H,24,26). The molecule has 150 valence electrons. The van der Waals surface area contributed by atoms with E-state index in [4.69, 9.17) is 9.47 Å². The van der Waals surface area contributed by atoms with Crippen LogP contribution in [0.1, 0.15) is 50.7 Å². The Morgan fingerprint density at radius 2 is 1.71 bits per heavy atom. The average molecular weight is 383 g/mol. The fourth-order valence-electron chi connectivity index (χ4n) is 2.95. The minimum Gasteiger partial charge on any atom is -0.496 e. The smallest absolute Gasteiger partial charge is 0.306 e. The van der Waals surface area contributed by atoms with Crippen LogP contribution in [0.3, 0.4) is 0 Å². The Hall–Kier alpha value is -2.82. The average Bonchev–Trinajstić information content (AvgIpc) is 2.72. The molecule has 0 radical (unpaired) electrons. The molecule has 0 heterocycles. The van der Waals surface area contributed by atoms with Gasteiger partial charge in [0.15, 0.2) is 6.10 Å². The van der Waals surface area contributed by atoms with Crippen LogP contribution in [-0.4, -0.2) is 25.1 Å². The summed E-state index contributed by atoms with van der Waals surface area (Å²) in [6.45, 7) is 5.81. The Labute approximate surface area is 167 Å². The third kappa shape index (κ3) is 5.84. The van der Waals surface area contributed by atoms with Crippen molar-refractivity contribution in [1.82, 2.24) is 0 Å². The molecule has 1 amide bonds. The molecule has 0 bridgehead atoms. The highest BCUT2D eigenvalue weighted by atomic mass is 16.5. The number of hydrogen-bond acceptors (Lipinski definition) is 4. The van der Waals surface area contributed by atoms with Crippen LogP contribution in [0.4, 0.5) is 5.69 Å². The molecular weight excluding hydrogens is 354 g/mol.